The average Bonchev–Trinajstić information content (AvgIpc) is 2.29. The first-order chi connectivity index (χ1) is 8.13. The third kappa shape index (κ3) is 5.20. The van der Waals surface area contributed by atoms with Crippen molar-refractivity contribution in [3.8, 4) is 5.75 Å². The molecule has 3 nitrogen and oxygen atoms in total. The second-order valence-corrected chi connectivity index (χ2v) is 4.63. The number of unbranched alkanes of at least 4 members (excludes halogenated alkanes) is 1. The fraction of sp³-hybridized carbons (Fsp3) is 0.571. The molecule has 0 saturated carbocycles. The summed E-state index contributed by atoms with van der Waals surface area (Å²) in [6, 6.07) is 8.17. The van der Waals surface area contributed by atoms with Crippen LogP contribution in [0.2, 0.25) is 0 Å². The van der Waals surface area contributed by atoms with Crippen molar-refractivity contribution in [3.05, 3.63) is 29.8 Å². The molecule has 0 aromatic heterocycles. The topological polar surface area (TPSA) is 61.3 Å². The van der Waals surface area contributed by atoms with Gasteiger partial charge in [-0.2, -0.15) is 0 Å². The highest BCUT2D eigenvalue weighted by molar-refractivity contribution is 5.29. The van der Waals surface area contributed by atoms with Crippen LogP contribution in [0.3, 0.4) is 0 Å². The van der Waals surface area contributed by atoms with Crippen LogP contribution in [0.5, 0.6) is 5.75 Å². The fourth-order valence-electron chi connectivity index (χ4n) is 1.74. The van der Waals surface area contributed by atoms with Crippen LogP contribution in [0.1, 0.15) is 44.7 Å². The highest BCUT2D eigenvalue weighted by atomic mass is 16.5. The first-order valence-electron chi connectivity index (χ1n) is 6.35. The maximum atomic E-state index is 6.11. The van der Waals surface area contributed by atoms with E-state index in [0.717, 1.165) is 37.1 Å². The molecule has 0 aliphatic carbocycles. The van der Waals surface area contributed by atoms with Crippen molar-refractivity contribution in [2.45, 2.75) is 45.3 Å². The molecule has 0 amide bonds. The zero-order chi connectivity index (χ0) is 12.7. The molecule has 0 bridgehead atoms. The molecule has 4 N–H and O–H groups in total. The largest absolute Gasteiger partial charge is 0.491 e. The molecule has 17 heavy (non-hydrogen) atoms. The van der Waals surface area contributed by atoms with Gasteiger partial charge in [0.05, 0.1) is 6.10 Å². The van der Waals surface area contributed by atoms with Gasteiger partial charge in [0.1, 0.15) is 5.75 Å². The monoisotopic (exact) mass is 236 g/mol. The SMILES string of the molecule is CC(C)Oc1ccc([C@@H](N)CCCCN)cc1. The van der Waals surface area contributed by atoms with Crippen LogP contribution >= 0.6 is 0 Å². The van der Waals surface area contributed by atoms with Crippen LogP contribution in [-0.4, -0.2) is 12.6 Å². The van der Waals surface area contributed by atoms with Gasteiger partial charge in [0.2, 0.25) is 0 Å². The second kappa shape index (κ2) is 7.30. The van der Waals surface area contributed by atoms with E-state index in [-0.39, 0.29) is 12.1 Å². The summed E-state index contributed by atoms with van der Waals surface area (Å²) in [7, 11) is 0. The Morgan fingerprint density at radius 3 is 2.29 bits per heavy atom. The molecule has 0 saturated heterocycles. The fourth-order valence-corrected chi connectivity index (χ4v) is 1.74. The lowest BCUT2D eigenvalue weighted by molar-refractivity contribution is 0.242. The molecule has 0 spiro atoms. The molecule has 0 radical (unpaired) electrons. The van der Waals surface area contributed by atoms with Crippen molar-refractivity contribution >= 4 is 0 Å². The minimum atomic E-state index is 0.106. The highest BCUT2D eigenvalue weighted by Crippen LogP contribution is 2.20. The van der Waals surface area contributed by atoms with Gasteiger partial charge in [0.15, 0.2) is 0 Å². The highest BCUT2D eigenvalue weighted by Gasteiger charge is 2.06. The summed E-state index contributed by atoms with van der Waals surface area (Å²) < 4.78 is 5.59. The van der Waals surface area contributed by atoms with E-state index in [0.29, 0.717) is 0 Å². The Balaban J connectivity index is 2.48. The summed E-state index contributed by atoms with van der Waals surface area (Å²) >= 11 is 0. The van der Waals surface area contributed by atoms with Crippen molar-refractivity contribution in [2.24, 2.45) is 11.5 Å². The van der Waals surface area contributed by atoms with E-state index in [1.54, 1.807) is 0 Å². The van der Waals surface area contributed by atoms with E-state index in [2.05, 4.69) is 0 Å². The molecule has 0 fully saturated rings. The first-order valence-corrected chi connectivity index (χ1v) is 6.35. The molecule has 0 aliphatic rings. The molecule has 3 heteroatoms. The molecule has 0 heterocycles. The van der Waals surface area contributed by atoms with Crippen LogP contribution in [0.25, 0.3) is 0 Å². The predicted molar refractivity (Wildman–Crippen MR) is 72.0 cm³/mol. The Morgan fingerprint density at radius 1 is 1.12 bits per heavy atom. The minimum Gasteiger partial charge on any atom is -0.491 e. The molecule has 1 atom stereocenters. The Kier molecular flexibility index (Phi) is 6.01. The quantitative estimate of drug-likeness (QED) is 0.715. The van der Waals surface area contributed by atoms with Gasteiger partial charge in [-0.15, -0.1) is 0 Å². The molecular formula is C14H24N2O. The maximum Gasteiger partial charge on any atom is 0.119 e. The summed E-state index contributed by atoms with van der Waals surface area (Å²) in [5, 5.41) is 0. The molecule has 1 aromatic rings. The molecule has 0 aliphatic heterocycles. The number of hydrogen-bond acceptors (Lipinski definition) is 3. The zero-order valence-corrected chi connectivity index (χ0v) is 10.9. The number of hydrogen-bond donors (Lipinski definition) is 2. The Morgan fingerprint density at radius 2 is 1.76 bits per heavy atom. The zero-order valence-electron chi connectivity index (χ0n) is 10.9. The molecule has 1 aromatic carbocycles. The lowest BCUT2D eigenvalue weighted by Crippen LogP contribution is -2.11. The van der Waals surface area contributed by atoms with Crippen molar-refractivity contribution in [1.29, 1.82) is 0 Å². The van der Waals surface area contributed by atoms with E-state index < -0.39 is 0 Å². The Labute approximate surface area is 104 Å². The Hall–Kier alpha value is -1.06. The molecule has 0 unspecified atom stereocenters. The maximum absolute atomic E-state index is 6.11. The predicted octanol–water partition coefficient (Wildman–Crippen LogP) is 2.60. The third-order valence-corrected chi connectivity index (χ3v) is 2.65. The average molecular weight is 236 g/mol. The molecule has 96 valence electrons. The lowest BCUT2D eigenvalue weighted by atomic mass is 10.0. The van der Waals surface area contributed by atoms with Crippen molar-refractivity contribution in [1.82, 2.24) is 0 Å². The summed E-state index contributed by atoms with van der Waals surface area (Å²) in [5.41, 5.74) is 12.7. The summed E-state index contributed by atoms with van der Waals surface area (Å²) in [6.45, 7) is 4.78. The van der Waals surface area contributed by atoms with Crippen molar-refractivity contribution in [3.63, 3.8) is 0 Å². The van der Waals surface area contributed by atoms with Crippen LogP contribution < -0.4 is 16.2 Å². The van der Waals surface area contributed by atoms with Gasteiger partial charge in [0.25, 0.3) is 0 Å². The Bertz CT molecular complexity index is 309. The van der Waals surface area contributed by atoms with Gasteiger partial charge in [-0.05, 0) is 50.9 Å². The normalized spacial score (nSPS) is 12.8. The van der Waals surface area contributed by atoms with Gasteiger partial charge >= 0.3 is 0 Å². The standard InChI is InChI=1S/C14H24N2O/c1-11(2)17-13-8-6-12(7-9-13)14(16)5-3-4-10-15/h6-9,11,14H,3-5,10,15-16H2,1-2H3/t14-/m0/s1. The smallest absolute Gasteiger partial charge is 0.119 e. The van der Waals surface area contributed by atoms with E-state index in [9.17, 15) is 0 Å². The van der Waals surface area contributed by atoms with Crippen LogP contribution in [0.15, 0.2) is 24.3 Å². The number of ether oxygens (including phenoxy) is 1. The third-order valence-electron chi connectivity index (χ3n) is 2.65. The van der Waals surface area contributed by atoms with E-state index in [4.69, 9.17) is 16.2 Å². The minimum absolute atomic E-state index is 0.106. The number of benzene rings is 1. The van der Waals surface area contributed by atoms with E-state index in [1.165, 1.54) is 0 Å². The van der Waals surface area contributed by atoms with Crippen LogP contribution in [0.4, 0.5) is 0 Å². The van der Waals surface area contributed by atoms with Crippen LogP contribution in [-0.2, 0) is 0 Å². The van der Waals surface area contributed by atoms with Crippen LogP contribution in [0, 0.1) is 0 Å². The second-order valence-electron chi connectivity index (χ2n) is 4.63. The number of nitrogens with two attached hydrogens (primary N) is 2. The summed E-state index contributed by atoms with van der Waals surface area (Å²) in [4.78, 5) is 0. The summed E-state index contributed by atoms with van der Waals surface area (Å²) in [5.74, 6) is 0.901. The van der Waals surface area contributed by atoms with Gasteiger partial charge in [0, 0.05) is 6.04 Å². The van der Waals surface area contributed by atoms with Gasteiger partial charge in [-0.1, -0.05) is 18.6 Å². The van der Waals surface area contributed by atoms with E-state index >= 15 is 0 Å². The number of rotatable bonds is 7. The van der Waals surface area contributed by atoms with Gasteiger partial charge in [-0.25, -0.2) is 0 Å². The first kappa shape index (κ1) is 14.0. The molecular weight excluding hydrogens is 212 g/mol. The van der Waals surface area contributed by atoms with Gasteiger partial charge < -0.3 is 16.2 Å². The van der Waals surface area contributed by atoms with Gasteiger partial charge in [-0.3, -0.25) is 0 Å². The van der Waals surface area contributed by atoms with Crippen molar-refractivity contribution < 1.29 is 4.74 Å². The van der Waals surface area contributed by atoms with E-state index in [1.807, 2.05) is 38.1 Å². The summed E-state index contributed by atoms with van der Waals surface area (Å²) in [6.07, 6.45) is 3.32. The lowest BCUT2D eigenvalue weighted by Gasteiger charge is -2.14. The molecule has 1 rings (SSSR count). The van der Waals surface area contributed by atoms with Crippen molar-refractivity contribution in [2.75, 3.05) is 6.54 Å².